The largest absolute Gasteiger partial charge is 0.350 e. The van der Waals surface area contributed by atoms with E-state index in [4.69, 9.17) is 0 Å². The standard InChI is InChI=1S/C14H23N3OS/c1-3-5-13-16-12(10-19-13)14(18)15-8-11-6-4-7-17(2)9-11/h10-11H,3-9H2,1-2H3,(H,15,18). The second kappa shape index (κ2) is 7.01. The smallest absolute Gasteiger partial charge is 0.270 e. The van der Waals surface area contributed by atoms with E-state index in [1.165, 1.54) is 19.4 Å². The zero-order chi connectivity index (χ0) is 13.7. The minimum absolute atomic E-state index is 0.0215. The molecule has 0 bridgehead atoms. The Morgan fingerprint density at radius 2 is 2.47 bits per heavy atom. The van der Waals surface area contributed by atoms with Crippen LogP contribution < -0.4 is 5.32 Å². The van der Waals surface area contributed by atoms with Gasteiger partial charge in [-0.3, -0.25) is 4.79 Å². The monoisotopic (exact) mass is 281 g/mol. The van der Waals surface area contributed by atoms with E-state index in [1.807, 2.05) is 5.38 Å². The molecule has 0 aliphatic carbocycles. The van der Waals surface area contributed by atoms with E-state index in [0.717, 1.165) is 30.9 Å². The molecule has 1 aliphatic heterocycles. The molecule has 1 aromatic heterocycles. The third-order valence-electron chi connectivity index (χ3n) is 3.52. The van der Waals surface area contributed by atoms with E-state index in [-0.39, 0.29) is 5.91 Å². The summed E-state index contributed by atoms with van der Waals surface area (Å²) in [5.41, 5.74) is 0.581. The first kappa shape index (κ1) is 14.5. The molecule has 1 amide bonds. The fourth-order valence-corrected chi connectivity index (χ4v) is 3.39. The zero-order valence-electron chi connectivity index (χ0n) is 11.8. The first-order valence-electron chi connectivity index (χ1n) is 7.10. The number of hydrogen-bond donors (Lipinski definition) is 1. The van der Waals surface area contributed by atoms with Crippen molar-refractivity contribution in [1.82, 2.24) is 15.2 Å². The first-order valence-corrected chi connectivity index (χ1v) is 7.98. The number of piperidine rings is 1. The van der Waals surface area contributed by atoms with E-state index < -0.39 is 0 Å². The molecule has 1 atom stereocenters. The lowest BCUT2D eigenvalue weighted by Gasteiger charge is -2.29. The Hall–Kier alpha value is -0.940. The number of rotatable bonds is 5. The molecule has 1 saturated heterocycles. The van der Waals surface area contributed by atoms with Gasteiger partial charge < -0.3 is 10.2 Å². The molecule has 5 heteroatoms. The number of aromatic nitrogens is 1. The highest BCUT2D eigenvalue weighted by molar-refractivity contribution is 7.09. The lowest BCUT2D eigenvalue weighted by Crippen LogP contribution is -2.39. The number of nitrogens with zero attached hydrogens (tertiary/aromatic N) is 2. The summed E-state index contributed by atoms with van der Waals surface area (Å²) >= 11 is 1.58. The SMILES string of the molecule is CCCc1nc(C(=O)NCC2CCCN(C)C2)cs1. The molecular formula is C14H23N3OS. The van der Waals surface area contributed by atoms with Crippen molar-refractivity contribution in [3.63, 3.8) is 0 Å². The Bertz CT molecular complexity index is 419. The third kappa shape index (κ3) is 4.28. The lowest BCUT2D eigenvalue weighted by molar-refractivity contribution is 0.0932. The summed E-state index contributed by atoms with van der Waals surface area (Å²) in [6.45, 7) is 5.15. The minimum Gasteiger partial charge on any atom is -0.350 e. The molecule has 1 aromatic rings. The maximum Gasteiger partial charge on any atom is 0.270 e. The molecule has 4 nitrogen and oxygen atoms in total. The summed E-state index contributed by atoms with van der Waals surface area (Å²) < 4.78 is 0. The Balaban J connectivity index is 1.79. The van der Waals surface area contributed by atoms with Crippen molar-refractivity contribution in [3.05, 3.63) is 16.1 Å². The number of aryl methyl sites for hydroxylation is 1. The molecule has 1 N–H and O–H groups in total. The van der Waals surface area contributed by atoms with Crippen molar-refractivity contribution in [3.8, 4) is 0 Å². The highest BCUT2D eigenvalue weighted by atomic mass is 32.1. The van der Waals surface area contributed by atoms with Gasteiger partial charge in [-0.25, -0.2) is 4.98 Å². The highest BCUT2D eigenvalue weighted by Crippen LogP contribution is 2.15. The number of carbonyl (C=O) groups is 1. The van der Waals surface area contributed by atoms with Gasteiger partial charge >= 0.3 is 0 Å². The molecule has 19 heavy (non-hydrogen) atoms. The molecule has 106 valence electrons. The van der Waals surface area contributed by atoms with Gasteiger partial charge in [-0.05, 0) is 45.2 Å². The van der Waals surface area contributed by atoms with Gasteiger partial charge in [0.05, 0.1) is 5.01 Å². The second-order valence-electron chi connectivity index (χ2n) is 5.36. The van der Waals surface area contributed by atoms with E-state index in [0.29, 0.717) is 11.6 Å². The molecular weight excluding hydrogens is 258 g/mol. The Kier molecular flexibility index (Phi) is 5.34. The quantitative estimate of drug-likeness (QED) is 0.899. The van der Waals surface area contributed by atoms with Crippen molar-refractivity contribution in [1.29, 1.82) is 0 Å². The van der Waals surface area contributed by atoms with Crippen molar-refractivity contribution in [2.45, 2.75) is 32.6 Å². The summed E-state index contributed by atoms with van der Waals surface area (Å²) in [5, 5.41) is 5.95. The summed E-state index contributed by atoms with van der Waals surface area (Å²) in [6, 6.07) is 0. The van der Waals surface area contributed by atoms with E-state index >= 15 is 0 Å². The number of likely N-dealkylation sites (tertiary alicyclic amines) is 1. The highest BCUT2D eigenvalue weighted by Gasteiger charge is 2.18. The number of nitrogens with one attached hydrogen (secondary N) is 1. The zero-order valence-corrected chi connectivity index (χ0v) is 12.6. The Labute approximate surface area is 119 Å². The molecule has 0 spiro atoms. The summed E-state index contributed by atoms with van der Waals surface area (Å²) in [7, 11) is 2.14. The van der Waals surface area contributed by atoms with E-state index in [1.54, 1.807) is 11.3 Å². The average molecular weight is 281 g/mol. The average Bonchev–Trinajstić information content (AvgIpc) is 2.85. The number of thiazole rings is 1. The van der Waals surface area contributed by atoms with Crippen molar-refractivity contribution >= 4 is 17.2 Å². The predicted octanol–water partition coefficient (Wildman–Crippen LogP) is 2.17. The summed E-state index contributed by atoms with van der Waals surface area (Å²) in [5.74, 6) is 0.559. The van der Waals surface area contributed by atoms with E-state index in [9.17, 15) is 4.79 Å². The van der Waals surface area contributed by atoms with Crippen LogP contribution in [0.3, 0.4) is 0 Å². The van der Waals surface area contributed by atoms with Crippen LogP contribution in [-0.2, 0) is 6.42 Å². The van der Waals surface area contributed by atoms with Gasteiger partial charge in [0.2, 0.25) is 0 Å². The molecule has 1 fully saturated rings. The number of hydrogen-bond acceptors (Lipinski definition) is 4. The third-order valence-corrected chi connectivity index (χ3v) is 4.43. The van der Waals surface area contributed by atoms with Gasteiger partial charge in [-0.2, -0.15) is 0 Å². The van der Waals surface area contributed by atoms with Crippen LogP contribution in [0.4, 0.5) is 0 Å². The topological polar surface area (TPSA) is 45.2 Å². The van der Waals surface area contributed by atoms with Crippen LogP contribution >= 0.6 is 11.3 Å². The van der Waals surface area contributed by atoms with Gasteiger partial charge in [-0.15, -0.1) is 11.3 Å². The van der Waals surface area contributed by atoms with Crippen LogP contribution in [0.1, 0.15) is 41.7 Å². The molecule has 2 heterocycles. The van der Waals surface area contributed by atoms with Crippen LogP contribution in [-0.4, -0.2) is 42.5 Å². The van der Waals surface area contributed by atoms with Crippen molar-refractivity contribution < 1.29 is 4.79 Å². The summed E-state index contributed by atoms with van der Waals surface area (Å²) in [6.07, 6.45) is 4.48. The molecule has 2 rings (SSSR count). The van der Waals surface area contributed by atoms with Crippen LogP contribution in [0.2, 0.25) is 0 Å². The van der Waals surface area contributed by atoms with Crippen molar-refractivity contribution in [2.24, 2.45) is 5.92 Å². The van der Waals surface area contributed by atoms with Crippen LogP contribution in [0.5, 0.6) is 0 Å². The van der Waals surface area contributed by atoms with Gasteiger partial charge in [-0.1, -0.05) is 6.92 Å². The maximum atomic E-state index is 12.0. The summed E-state index contributed by atoms with van der Waals surface area (Å²) in [4.78, 5) is 18.7. The number of carbonyl (C=O) groups excluding carboxylic acids is 1. The molecule has 0 saturated carbocycles. The maximum absolute atomic E-state index is 12.0. The number of amides is 1. The van der Waals surface area contributed by atoms with E-state index in [2.05, 4.69) is 29.2 Å². The molecule has 1 aliphatic rings. The van der Waals surface area contributed by atoms with Gasteiger partial charge in [0.15, 0.2) is 0 Å². The van der Waals surface area contributed by atoms with Gasteiger partial charge in [0.1, 0.15) is 5.69 Å². The van der Waals surface area contributed by atoms with Gasteiger partial charge in [0, 0.05) is 18.5 Å². The van der Waals surface area contributed by atoms with Gasteiger partial charge in [0.25, 0.3) is 5.91 Å². The molecule has 1 unspecified atom stereocenters. The minimum atomic E-state index is -0.0215. The molecule has 0 aromatic carbocycles. The normalized spacial score (nSPS) is 20.4. The van der Waals surface area contributed by atoms with Crippen LogP contribution in [0, 0.1) is 5.92 Å². The van der Waals surface area contributed by atoms with Crippen LogP contribution in [0.25, 0.3) is 0 Å². The lowest BCUT2D eigenvalue weighted by atomic mass is 9.98. The van der Waals surface area contributed by atoms with Crippen molar-refractivity contribution in [2.75, 3.05) is 26.7 Å². The Morgan fingerprint density at radius 1 is 1.63 bits per heavy atom. The fourth-order valence-electron chi connectivity index (χ4n) is 2.51. The molecule has 0 radical (unpaired) electrons. The second-order valence-corrected chi connectivity index (χ2v) is 6.30. The fraction of sp³-hybridized carbons (Fsp3) is 0.714. The first-order chi connectivity index (χ1) is 9.19. The van der Waals surface area contributed by atoms with Crippen LogP contribution in [0.15, 0.2) is 5.38 Å². The predicted molar refractivity (Wildman–Crippen MR) is 78.7 cm³/mol. The Morgan fingerprint density at radius 3 is 3.21 bits per heavy atom.